The standard InChI is InChI=1S/C29H30O18/c30-11-4-14(32)12-6-18(26(44-17(12)5-11)10-1-2-13(31)15(33)3-10)45-29-27(47-28-25(41)22(38)16(34)8-43-28)24(40)23(39)19(46-29)9-42-21(37)7-20(35)36/h1-6,16,19,22-25,27-29,34,38-41H,7-9H2,(H4-,30,31,32,33,35,36)/p+1/t16-,19-,22+,23-,24+,25-,27-,28+,29-/m1/s1. The fraction of sp³-hybridized carbons (Fsp3) is 0.414. The molecule has 0 amide bonds. The van der Waals surface area contributed by atoms with Crippen molar-refractivity contribution in [2.24, 2.45) is 0 Å². The molecule has 9 atom stereocenters. The third-order valence-electron chi connectivity index (χ3n) is 7.39. The fourth-order valence-electron chi connectivity index (χ4n) is 4.95. The van der Waals surface area contributed by atoms with Crippen LogP contribution in [0.4, 0.5) is 0 Å². The summed E-state index contributed by atoms with van der Waals surface area (Å²) in [7, 11) is 0. The fourth-order valence-corrected chi connectivity index (χ4v) is 4.95. The summed E-state index contributed by atoms with van der Waals surface area (Å²) in [6.45, 7) is -1.27. The van der Waals surface area contributed by atoms with Crippen LogP contribution >= 0.6 is 0 Å². The molecule has 0 radical (unpaired) electrons. The molecule has 0 spiro atoms. The van der Waals surface area contributed by atoms with Gasteiger partial charge in [-0.05, 0) is 12.1 Å². The van der Waals surface area contributed by atoms with Gasteiger partial charge in [0.05, 0.1) is 18.2 Å². The number of aliphatic hydroxyl groups is 5. The van der Waals surface area contributed by atoms with Crippen LogP contribution in [-0.2, 0) is 28.5 Å². The highest BCUT2D eigenvalue weighted by Crippen LogP contribution is 2.42. The summed E-state index contributed by atoms with van der Waals surface area (Å²) in [4.78, 5) is 22.7. The highest BCUT2D eigenvalue weighted by Gasteiger charge is 2.51. The lowest BCUT2D eigenvalue weighted by Gasteiger charge is -2.44. The molecule has 5 rings (SSSR count). The molecule has 3 heterocycles. The van der Waals surface area contributed by atoms with Gasteiger partial charge in [0.1, 0.15) is 66.5 Å². The number of carbonyl (C=O) groups is 2. The summed E-state index contributed by atoms with van der Waals surface area (Å²) in [6, 6.07) is 6.91. The van der Waals surface area contributed by atoms with Gasteiger partial charge in [0.2, 0.25) is 12.0 Å². The number of carboxylic acids is 1. The quantitative estimate of drug-likeness (QED) is 0.0559. The minimum absolute atomic E-state index is 0.0132. The summed E-state index contributed by atoms with van der Waals surface area (Å²) in [5.74, 6) is -5.03. The van der Waals surface area contributed by atoms with Crippen LogP contribution in [0.3, 0.4) is 0 Å². The van der Waals surface area contributed by atoms with Crippen molar-refractivity contribution in [1.29, 1.82) is 0 Å². The first kappa shape index (κ1) is 33.8. The van der Waals surface area contributed by atoms with Gasteiger partial charge in [-0.3, -0.25) is 9.59 Å². The monoisotopic (exact) mass is 667 g/mol. The second-order valence-electron chi connectivity index (χ2n) is 10.8. The number of carboxylic acid groups (broad SMARTS) is 1. The van der Waals surface area contributed by atoms with E-state index in [4.69, 9.17) is 33.2 Å². The van der Waals surface area contributed by atoms with E-state index in [1.165, 1.54) is 12.1 Å². The Hall–Kier alpha value is -4.53. The molecule has 1 aromatic heterocycles. The third-order valence-corrected chi connectivity index (χ3v) is 7.39. The number of aliphatic carboxylic acids is 1. The zero-order valence-corrected chi connectivity index (χ0v) is 24.0. The largest absolute Gasteiger partial charge is 0.507 e. The third kappa shape index (κ3) is 7.24. The second-order valence-corrected chi connectivity index (χ2v) is 10.8. The molecular weight excluding hydrogens is 636 g/mol. The van der Waals surface area contributed by atoms with Crippen LogP contribution in [0.25, 0.3) is 22.3 Å². The Morgan fingerprint density at radius 3 is 2.30 bits per heavy atom. The van der Waals surface area contributed by atoms with Crippen LogP contribution < -0.4 is 4.74 Å². The van der Waals surface area contributed by atoms with E-state index in [1.807, 2.05) is 0 Å². The second kappa shape index (κ2) is 13.7. The lowest BCUT2D eigenvalue weighted by atomic mass is 9.98. The van der Waals surface area contributed by atoms with E-state index in [-0.39, 0.29) is 33.8 Å². The SMILES string of the molecule is O=C(O)CC(=O)OC[C@H]1O[C@@H](Oc2cc3c(O)cc(O)cc3[o+]c2-c2ccc(O)c(O)c2)[C@H](O[C@@H]2OC[C@@H](O)[C@H](O)[C@H]2O)[C@@H](O)[C@@H]1O. The molecule has 2 fully saturated rings. The number of aliphatic hydroxyl groups excluding tert-OH is 5. The Kier molecular flexibility index (Phi) is 9.84. The number of rotatable bonds is 9. The Bertz CT molecular complexity index is 1630. The maximum Gasteiger partial charge on any atom is 0.402 e. The van der Waals surface area contributed by atoms with E-state index in [9.17, 15) is 55.5 Å². The highest BCUT2D eigenvalue weighted by atomic mass is 16.8. The molecular formula is C29H31O18+. The number of phenolic OH excluding ortho intramolecular Hbond substituents is 4. The Morgan fingerprint density at radius 1 is 0.851 bits per heavy atom. The summed E-state index contributed by atoms with van der Waals surface area (Å²) in [5, 5.41) is 102. The molecule has 0 unspecified atom stereocenters. The topological polar surface area (TPSA) is 294 Å². The molecule has 2 saturated heterocycles. The van der Waals surface area contributed by atoms with Crippen LogP contribution in [0.2, 0.25) is 0 Å². The smallest absolute Gasteiger partial charge is 0.402 e. The number of ether oxygens (including phenoxy) is 5. The van der Waals surface area contributed by atoms with Gasteiger partial charge < -0.3 is 74.7 Å². The van der Waals surface area contributed by atoms with Gasteiger partial charge in [-0.25, -0.2) is 4.42 Å². The molecule has 0 aliphatic carbocycles. The van der Waals surface area contributed by atoms with E-state index in [0.717, 1.165) is 24.3 Å². The molecule has 2 aromatic carbocycles. The normalized spacial score (nSPS) is 29.3. The number of carbonyl (C=O) groups excluding carboxylic acids is 1. The van der Waals surface area contributed by atoms with E-state index in [2.05, 4.69) is 0 Å². The van der Waals surface area contributed by atoms with Crippen molar-refractivity contribution < 1.29 is 88.8 Å². The van der Waals surface area contributed by atoms with Gasteiger partial charge in [0.15, 0.2) is 23.9 Å². The number of aromatic hydroxyl groups is 4. The first-order valence-electron chi connectivity index (χ1n) is 14.0. The number of fused-ring (bicyclic) bond motifs is 1. The molecule has 3 aromatic rings. The first-order chi connectivity index (χ1) is 22.2. The van der Waals surface area contributed by atoms with Crippen molar-refractivity contribution in [1.82, 2.24) is 0 Å². The van der Waals surface area contributed by atoms with Crippen LogP contribution in [0.5, 0.6) is 28.7 Å². The molecule has 10 N–H and O–H groups in total. The molecule has 18 nitrogen and oxygen atoms in total. The van der Waals surface area contributed by atoms with Crippen LogP contribution in [-0.4, -0.2) is 132 Å². The van der Waals surface area contributed by atoms with E-state index in [1.54, 1.807) is 0 Å². The van der Waals surface area contributed by atoms with E-state index >= 15 is 0 Å². The minimum atomic E-state index is -1.96. The van der Waals surface area contributed by atoms with Crippen LogP contribution in [0.15, 0.2) is 40.8 Å². The summed E-state index contributed by atoms with van der Waals surface area (Å²) >= 11 is 0. The Balaban J connectivity index is 1.55. The van der Waals surface area contributed by atoms with Crippen molar-refractivity contribution in [2.75, 3.05) is 13.2 Å². The number of benzene rings is 2. The number of hydrogen-bond donors (Lipinski definition) is 10. The van der Waals surface area contributed by atoms with Gasteiger partial charge in [0, 0.05) is 18.2 Å². The van der Waals surface area contributed by atoms with E-state index < -0.39 is 104 Å². The molecule has 18 heteroatoms. The van der Waals surface area contributed by atoms with Gasteiger partial charge in [-0.1, -0.05) is 0 Å². The van der Waals surface area contributed by atoms with Crippen molar-refractivity contribution in [2.45, 2.75) is 61.7 Å². The number of phenols is 4. The molecule has 254 valence electrons. The lowest BCUT2D eigenvalue weighted by Crippen LogP contribution is -2.64. The van der Waals surface area contributed by atoms with Crippen molar-refractivity contribution in [3.05, 3.63) is 36.4 Å². The van der Waals surface area contributed by atoms with Crippen LogP contribution in [0, 0.1) is 0 Å². The highest BCUT2D eigenvalue weighted by molar-refractivity contribution is 5.90. The zero-order valence-electron chi connectivity index (χ0n) is 24.0. The molecule has 0 saturated carbocycles. The van der Waals surface area contributed by atoms with Gasteiger partial charge in [0.25, 0.3) is 0 Å². The Labute approximate surface area is 263 Å². The van der Waals surface area contributed by atoms with Crippen molar-refractivity contribution in [3.63, 3.8) is 0 Å². The molecule has 2 aliphatic heterocycles. The summed E-state index contributed by atoms with van der Waals surface area (Å²) < 4.78 is 33.6. The van der Waals surface area contributed by atoms with Gasteiger partial charge in [-0.15, -0.1) is 0 Å². The zero-order chi connectivity index (χ0) is 34.2. The number of esters is 1. The van der Waals surface area contributed by atoms with Gasteiger partial charge >= 0.3 is 23.3 Å². The van der Waals surface area contributed by atoms with Crippen molar-refractivity contribution in [3.8, 4) is 40.1 Å². The van der Waals surface area contributed by atoms with Gasteiger partial charge in [-0.2, -0.15) is 0 Å². The molecule has 0 bridgehead atoms. The van der Waals surface area contributed by atoms with Crippen LogP contribution in [0.1, 0.15) is 6.42 Å². The predicted molar refractivity (Wildman–Crippen MR) is 150 cm³/mol. The predicted octanol–water partition coefficient (Wildman–Crippen LogP) is -1.13. The lowest BCUT2D eigenvalue weighted by molar-refractivity contribution is -0.345. The average Bonchev–Trinajstić information content (AvgIpc) is 3.01. The van der Waals surface area contributed by atoms with E-state index in [0.29, 0.717) is 0 Å². The minimum Gasteiger partial charge on any atom is -0.507 e. The number of hydrogen-bond acceptors (Lipinski definition) is 16. The maximum absolute atomic E-state index is 11.9. The summed E-state index contributed by atoms with van der Waals surface area (Å²) in [6.07, 6.45) is -16.8. The summed E-state index contributed by atoms with van der Waals surface area (Å²) in [5.41, 5.74) is 0.0101. The maximum atomic E-state index is 11.9. The molecule has 47 heavy (non-hydrogen) atoms. The average molecular weight is 668 g/mol. The first-order valence-corrected chi connectivity index (χ1v) is 14.0. The molecule has 2 aliphatic rings. The van der Waals surface area contributed by atoms with Crippen molar-refractivity contribution >= 4 is 22.9 Å². The Morgan fingerprint density at radius 2 is 1.60 bits per heavy atom.